The van der Waals surface area contributed by atoms with Gasteiger partial charge in [-0.25, -0.2) is 0 Å². The lowest BCUT2D eigenvalue weighted by molar-refractivity contribution is -0.108. The van der Waals surface area contributed by atoms with Gasteiger partial charge in [0.2, 0.25) is 6.41 Å². The quantitative estimate of drug-likeness (QED) is 0.736. The lowest BCUT2D eigenvalue weighted by Crippen LogP contribution is -2.53. The highest BCUT2D eigenvalue weighted by molar-refractivity contribution is 9.10. The summed E-state index contributed by atoms with van der Waals surface area (Å²) in [5.41, 5.74) is 2.19. The molecule has 5 heteroatoms. The van der Waals surface area contributed by atoms with Crippen molar-refractivity contribution in [1.29, 1.82) is 0 Å². The Labute approximate surface area is 152 Å². The van der Waals surface area contributed by atoms with Gasteiger partial charge in [0, 0.05) is 23.6 Å². The molecule has 24 heavy (non-hydrogen) atoms. The molecule has 3 heterocycles. The van der Waals surface area contributed by atoms with Crippen LogP contribution in [-0.4, -0.2) is 43.6 Å². The van der Waals surface area contributed by atoms with E-state index in [9.17, 15) is 4.79 Å². The molecular formula is C19H25BrN2O2. The third-order valence-electron chi connectivity index (χ3n) is 5.77. The number of hydrogen-bond donors (Lipinski definition) is 0. The van der Waals surface area contributed by atoms with Crippen molar-refractivity contribution in [3.8, 4) is 5.75 Å². The first-order chi connectivity index (χ1) is 11.8. The summed E-state index contributed by atoms with van der Waals surface area (Å²) in [6.45, 7) is 4.20. The molecular weight excluding hydrogens is 368 g/mol. The molecule has 0 spiro atoms. The van der Waals surface area contributed by atoms with Crippen LogP contribution in [0.2, 0.25) is 0 Å². The molecule has 0 N–H and O–H groups in total. The second kappa shape index (κ2) is 7.04. The molecule has 3 aliphatic rings. The van der Waals surface area contributed by atoms with Gasteiger partial charge in [-0.1, -0.05) is 15.9 Å². The molecule has 1 aromatic rings. The molecule has 0 aliphatic carbocycles. The Morgan fingerprint density at radius 2 is 2.12 bits per heavy atom. The van der Waals surface area contributed by atoms with Crippen LogP contribution in [-0.2, 0) is 11.2 Å². The molecule has 1 aromatic carbocycles. The maximum atomic E-state index is 12.1. The van der Waals surface area contributed by atoms with Gasteiger partial charge in [0.15, 0.2) is 0 Å². The number of benzene rings is 1. The second-order valence-corrected chi connectivity index (χ2v) is 8.21. The number of hydrogen-bond acceptors (Lipinski definition) is 3. The van der Waals surface area contributed by atoms with Gasteiger partial charge in [0.05, 0.1) is 12.3 Å². The van der Waals surface area contributed by atoms with E-state index in [0.717, 1.165) is 67.7 Å². The smallest absolute Gasteiger partial charge is 0.214 e. The number of halogens is 1. The maximum absolute atomic E-state index is 12.1. The van der Waals surface area contributed by atoms with Gasteiger partial charge < -0.3 is 14.5 Å². The minimum atomic E-state index is 0.296. The zero-order valence-electron chi connectivity index (χ0n) is 14.0. The molecule has 3 aliphatic heterocycles. The van der Waals surface area contributed by atoms with Crippen LogP contribution in [0.3, 0.4) is 0 Å². The predicted octanol–water partition coefficient (Wildman–Crippen LogP) is 3.61. The molecule has 3 unspecified atom stereocenters. The summed E-state index contributed by atoms with van der Waals surface area (Å²) in [5.74, 6) is 1.51. The van der Waals surface area contributed by atoms with Crippen molar-refractivity contribution in [1.82, 2.24) is 4.90 Å². The van der Waals surface area contributed by atoms with Crippen molar-refractivity contribution in [2.24, 2.45) is 5.92 Å². The van der Waals surface area contributed by atoms with E-state index in [1.54, 1.807) is 0 Å². The second-order valence-electron chi connectivity index (χ2n) is 7.29. The number of piperidine rings is 2. The van der Waals surface area contributed by atoms with Crippen molar-refractivity contribution >= 4 is 28.0 Å². The van der Waals surface area contributed by atoms with Crippen LogP contribution in [0, 0.1) is 5.92 Å². The fraction of sp³-hybridized carbons (Fsp3) is 0.632. The van der Waals surface area contributed by atoms with Gasteiger partial charge in [-0.15, -0.1) is 0 Å². The Balaban J connectivity index is 1.70. The van der Waals surface area contributed by atoms with Crippen molar-refractivity contribution in [2.45, 2.75) is 44.6 Å². The first kappa shape index (κ1) is 16.4. The zero-order valence-corrected chi connectivity index (χ0v) is 15.6. The normalized spacial score (nSPS) is 29.1. The molecule has 1 amide bonds. The van der Waals surface area contributed by atoms with Crippen LogP contribution < -0.4 is 9.64 Å². The largest absolute Gasteiger partial charge is 0.491 e. The minimum Gasteiger partial charge on any atom is -0.491 e. The van der Waals surface area contributed by atoms with E-state index in [2.05, 4.69) is 33.0 Å². The fourth-order valence-electron chi connectivity index (χ4n) is 4.61. The number of amides is 1. The third kappa shape index (κ3) is 3.08. The fourth-order valence-corrected chi connectivity index (χ4v) is 5.10. The van der Waals surface area contributed by atoms with Crippen molar-refractivity contribution in [2.75, 3.05) is 31.1 Å². The Morgan fingerprint density at radius 3 is 3.00 bits per heavy atom. The highest BCUT2D eigenvalue weighted by atomic mass is 79.9. The SMILES string of the molecule is O=CN(c1cc(Br)cc2c1OCCCC2)C1CCN2CCCC1C2. The van der Waals surface area contributed by atoms with E-state index < -0.39 is 0 Å². The van der Waals surface area contributed by atoms with Crippen LogP contribution in [0.25, 0.3) is 0 Å². The van der Waals surface area contributed by atoms with Crippen LogP contribution in [0.15, 0.2) is 16.6 Å². The Morgan fingerprint density at radius 1 is 1.21 bits per heavy atom. The van der Waals surface area contributed by atoms with Crippen molar-refractivity contribution in [3.63, 3.8) is 0 Å². The van der Waals surface area contributed by atoms with E-state index in [0.29, 0.717) is 12.0 Å². The van der Waals surface area contributed by atoms with E-state index >= 15 is 0 Å². The summed E-state index contributed by atoms with van der Waals surface area (Å²) in [6.07, 6.45) is 7.81. The molecule has 4 rings (SSSR count). The molecule has 2 fully saturated rings. The Kier molecular flexibility index (Phi) is 4.81. The summed E-state index contributed by atoms with van der Waals surface area (Å²) >= 11 is 3.63. The number of aryl methyl sites for hydroxylation is 1. The summed E-state index contributed by atoms with van der Waals surface area (Å²) < 4.78 is 7.12. The average molecular weight is 393 g/mol. The van der Waals surface area contributed by atoms with Gasteiger partial charge in [0.25, 0.3) is 0 Å². The first-order valence-electron chi connectivity index (χ1n) is 9.17. The van der Waals surface area contributed by atoms with E-state index in [4.69, 9.17) is 4.74 Å². The summed E-state index contributed by atoms with van der Waals surface area (Å²) in [7, 11) is 0. The minimum absolute atomic E-state index is 0.296. The molecule has 0 aromatic heterocycles. The van der Waals surface area contributed by atoms with E-state index in [-0.39, 0.29) is 0 Å². The Bertz CT molecular complexity index is 622. The van der Waals surface area contributed by atoms with Gasteiger partial charge in [-0.05, 0) is 68.7 Å². The zero-order chi connectivity index (χ0) is 16.5. The average Bonchev–Trinajstić information content (AvgIpc) is 2.83. The van der Waals surface area contributed by atoms with Gasteiger partial charge in [-0.3, -0.25) is 4.79 Å². The summed E-state index contributed by atoms with van der Waals surface area (Å²) in [4.78, 5) is 16.6. The summed E-state index contributed by atoms with van der Waals surface area (Å²) in [6, 6.07) is 4.51. The van der Waals surface area contributed by atoms with Crippen LogP contribution >= 0.6 is 15.9 Å². The monoisotopic (exact) mass is 392 g/mol. The lowest BCUT2D eigenvalue weighted by Gasteiger charge is -2.46. The highest BCUT2D eigenvalue weighted by Crippen LogP contribution is 2.41. The number of rotatable bonds is 3. The first-order valence-corrected chi connectivity index (χ1v) is 9.97. The number of carbonyl (C=O) groups excluding carboxylic acids is 1. The van der Waals surface area contributed by atoms with Gasteiger partial charge in [-0.2, -0.15) is 0 Å². The van der Waals surface area contributed by atoms with Crippen molar-refractivity contribution in [3.05, 3.63) is 22.2 Å². The number of carbonyl (C=O) groups is 1. The van der Waals surface area contributed by atoms with E-state index in [1.807, 2.05) is 4.90 Å². The van der Waals surface area contributed by atoms with Crippen molar-refractivity contribution < 1.29 is 9.53 Å². The van der Waals surface area contributed by atoms with Crippen LogP contribution in [0.4, 0.5) is 5.69 Å². The topological polar surface area (TPSA) is 32.8 Å². The van der Waals surface area contributed by atoms with Crippen LogP contribution in [0.5, 0.6) is 5.75 Å². The molecule has 130 valence electrons. The predicted molar refractivity (Wildman–Crippen MR) is 98.7 cm³/mol. The molecule has 3 atom stereocenters. The Hall–Kier alpha value is -1.07. The summed E-state index contributed by atoms with van der Waals surface area (Å²) in [5, 5.41) is 0. The standard InChI is InChI=1S/C19H25BrN2O2/c20-16-10-14-4-1-2-9-24-19(14)18(11-16)22(13-23)17-6-8-21-7-3-5-15(17)12-21/h10-11,13,15,17H,1-9,12H2. The van der Waals surface area contributed by atoms with Gasteiger partial charge >= 0.3 is 0 Å². The number of nitrogens with zero attached hydrogens (tertiary/aromatic N) is 2. The molecule has 4 nitrogen and oxygen atoms in total. The highest BCUT2D eigenvalue weighted by Gasteiger charge is 2.37. The number of ether oxygens (including phenoxy) is 1. The van der Waals surface area contributed by atoms with Crippen LogP contribution in [0.1, 0.15) is 37.7 Å². The van der Waals surface area contributed by atoms with E-state index in [1.165, 1.54) is 24.9 Å². The molecule has 2 saturated heterocycles. The maximum Gasteiger partial charge on any atom is 0.214 e. The lowest BCUT2D eigenvalue weighted by atomic mass is 9.84. The molecule has 0 radical (unpaired) electrons. The number of anilines is 1. The third-order valence-corrected chi connectivity index (χ3v) is 6.23. The molecule has 2 bridgehead atoms. The van der Waals surface area contributed by atoms with Gasteiger partial charge in [0.1, 0.15) is 5.75 Å². The molecule has 0 saturated carbocycles. The number of fused-ring (bicyclic) bond motifs is 3.